The smallest absolute Gasteiger partial charge is 0.248 e. The molecular weight excluding hydrogens is 166 g/mol. The predicted octanol–water partition coefficient (Wildman–Crippen LogP) is 1.19. The number of fused-ring (bicyclic) bond motifs is 1. The van der Waals surface area contributed by atoms with E-state index in [-0.39, 0.29) is 0 Å². The lowest BCUT2D eigenvalue weighted by Crippen LogP contribution is -2.11. The molecule has 0 aliphatic carbocycles. The Morgan fingerprint density at radius 3 is 3.08 bits per heavy atom. The van der Waals surface area contributed by atoms with E-state index in [4.69, 9.17) is 10.5 Å². The van der Waals surface area contributed by atoms with Gasteiger partial charge in [-0.15, -0.1) is 0 Å². The summed E-state index contributed by atoms with van der Waals surface area (Å²) < 4.78 is 5.32. The van der Waals surface area contributed by atoms with Crippen molar-refractivity contribution >= 4 is 12.0 Å². The zero-order chi connectivity index (χ0) is 9.26. The zero-order valence-corrected chi connectivity index (χ0v) is 6.99. The van der Waals surface area contributed by atoms with E-state index in [0.717, 1.165) is 11.3 Å². The summed E-state index contributed by atoms with van der Waals surface area (Å²) in [5.41, 5.74) is 6.56. The molecule has 0 spiro atoms. The molecule has 2 rings (SSSR count). The Morgan fingerprint density at radius 1 is 1.46 bits per heavy atom. The Balaban J connectivity index is 2.48. The normalized spacial score (nSPS) is 13.2. The molecule has 0 atom stereocenters. The van der Waals surface area contributed by atoms with Crippen molar-refractivity contribution in [3.63, 3.8) is 0 Å². The summed E-state index contributed by atoms with van der Waals surface area (Å²) in [5.74, 6) is 0.384. The molecule has 1 amide bonds. The lowest BCUT2D eigenvalue weighted by Gasteiger charge is -2.12. The molecule has 1 aliphatic rings. The van der Waals surface area contributed by atoms with E-state index in [1.807, 2.05) is 12.2 Å². The molecule has 1 aromatic carbocycles. The van der Waals surface area contributed by atoms with Crippen LogP contribution in [0, 0.1) is 0 Å². The van der Waals surface area contributed by atoms with Crippen molar-refractivity contribution in [1.82, 2.24) is 0 Å². The van der Waals surface area contributed by atoms with E-state index in [1.54, 1.807) is 18.2 Å². The van der Waals surface area contributed by atoms with Crippen molar-refractivity contribution in [2.24, 2.45) is 5.73 Å². The summed E-state index contributed by atoms with van der Waals surface area (Å²) in [7, 11) is 0. The number of hydrogen-bond acceptors (Lipinski definition) is 2. The number of carbonyl (C=O) groups is 1. The number of nitrogens with two attached hydrogens (primary N) is 1. The first-order valence-corrected chi connectivity index (χ1v) is 4.00. The summed E-state index contributed by atoms with van der Waals surface area (Å²) in [6.45, 7) is 0.586. The van der Waals surface area contributed by atoms with Gasteiger partial charge in [-0.1, -0.05) is 6.08 Å². The molecule has 0 unspecified atom stereocenters. The van der Waals surface area contributed by atoms with Gasteiger partial charge in [0, 0.05) is 11.1 Å². The number of amides is 1. The molecule has 0 fully saturated rings. The second kappa shape index (κ2) is 2.94. The molecule has 0 saturated heterocycles. The second-order valence-electron chi connectivity index (χ2n) is 2.83. The molecule has 13 heavy (non-hydrogen) atoms. The molecular formula is C10H9NO2. The van der Waals surface area contributed by atoms with Crippen LogP contribution in [0.5, 0.6) is 5.75 Å². The summed E-state index contributed by atoms with van der Waals surface area (Å²) in [4.78, 5) is 10.8. The van der Waals surface area contributed by atoms with Gasteiger partial charge in [0.1, 0.15) is 12.4 Å². The number of carbonyl (C=O) groups excluding carboxylic acids is 1. The van der Waals surface area contributed by atoms with Gasteiger partial charge in [-0.25, -0.2) is 0 Å². The third-order valence-electron chi connectivity index (χ3n) is 1.93. The molecule has 3 heteroatoms. The third kappa shape index (κ3) is 1.40. The highest BCUT2D eigenvalue weighted by Gasteiger charge is 2.07. The fourth-order valence-electron chi connectivity index (χ4n) is 1.28. The molecule has 2 N–H and O–H groups in total. The Kier molecular flexibility index (Phi) is 1.77. The highest BCUT2D eigenvalue weighted by atomic mass is 16.5. The summed E-state index contributed by atoms with van der Waals surface area (Å²) in [5, 5.41) is 0. The molecule has 0 radical (unpaired) electrons. The maximum absolute atomic E-state index is 10.8. The van der Waals surface area contributed by atoms with Crippen molar-refractivity contribution in [2.45, 2.75) is 0 Å². The van der Waals surface area contributed by atoms with Crippen LogP contribution in [0.1, 0.15) is 15.9 Å². The van der Waals surface area contributed by atoms with E-state index in [0.29, 0.717) is 12.2 Å². The quantitative estimate of drug-likeness (QED) is 0.697. The SMILES string of the molecule is NC(=O)c1ccc2c(c1)C=CCO2. The molecule has 0 saturated carbocycles. The van der Waals surface area contributed by atoms with Crippen LogP contribution in [-0.4, -0.2) is 12.5 Å². The van der Waals surface area contributed by atoms with Gasteiger partial charge in [0.25, 0.3) is 0 Å². The number of hydrogen-bond donors (Lipinski definition) is 1. The van der Waals surface area contributed by atoms with Crippen molar-refractivity contribution in [1.29, 1.82) is 0 Å². The van der Waals surface area contributed by atoms with Gasteiger partial charge in [-0.3, -0.25) is 4.79 Å². The van der Waals surface area contributed by atoms with E-state index in [1.165, 1.54) is 0 Å². The van der Waals surface area contributed by atoms with Gasteiger partial charge in [-0.05, 0) is 24.3 Å². The van der Waals surface area contributed by atoms with Crippen molar-refractivity contribution in [3.05, 3.63) is 35.4 Å². The largest absolute Gasteiger partial charge is 0.489 e. The van der Waals surface area contributed by atoms with E-state index in [2.05, 4.69) is 0 Å². The number of benzene rings is 1. The molecule has 1 heterocycles. The fraction of sp³-hybridized carbons (Fsp3) is 0.100. The van der Waals surface area contributed by atoms with Gasteiger partial charge in [-0.2, -0.15) is 0 Å². The number of rotatable bonds is 1. The highest BCUT2D eigenvalue weighted by Crippen LogP contribution is 2.24. The minimum Gasteiger partial charge on any atom is -0.489 e. The van der Waals surface area contributed by atoms with Crippen LogP contribution in [-0.2, 0) is 0 Å². The Hall–Kier alpha value is -1.77. The number of primary amides is 1. The molecule has 0 bridgehead atoms. The molecule has 1 aromatic rings. The minimum absolute atomic E-state index is 0.415. The topological polar surface area (TPSA) is 52.3 Å². The third-order valence-corrected chi connectivity index (χ3v) is 1.93. The van der Waals surface area contributed by atoms with Crippen LogP contribution in [0.2, 0.25) is 0 Å². The van der Waals surface area contributed by atoms with Crippen LogP contribution in [0.15, 0.2) is 24.3 Å². The van der Waals surface area contributed by atoms with E-state index >= 15 is 0 Å². The van der Waals surface area contributed by atoms with Crippen LogP contribution < -0.4 is 10.5 Å². The Labute approximate surface area is 75.8 Å². The van der Waals surface area contributed by atoms with Crippen LogP contribution >= 0.6 is 0 Å². The second-order valence-corrected chi connectivity index (χ2v) is 2.83. The van der Waals surface area contributed by atoms with Crippen molar-refractivity contribution in [2.75, 3.05) is 6.61 Å². The molecule has 1 aliphatic heterocycles. The van der Waals surface area contributed by atoms with Crippen LogP contribution in [0.25, 0.3) is 6.08 Å². The first-order valence-electron chi connectivity index (χ1n) is 4.00. The summed E-state index contributed by atoms with van der Waals surface area (Å²) in [6, 6.07) is 5.16. The first kappa shape index (κ1) is 7.86. The standard InChI is InChI=1S/C10H9NO2/c11-10(12)8-3-4-9-7(6-8)2-1-5-13-9/h1-4,6H,5H2,(H2,11,12). The van der Waals surface area contributed by atoms with Crippen LogP contribution in [0.3, 0.4) is 0 Å². The van der Waals surface area contributed by atoms with Gasteiger partial charge in [0.15, 0.2) is 0 Å². The minimum atomic E-state index is -0.415. The molecule has 0 aromatic heterocycles. The summed E-state index contributed by atoms with van der Waals surface area (Å²) >= 11 is 0. The molecule has 66 valence electrons. The van der Waals surface area contributed by atoms with Crippen LogP contribution in [0.4, 0.5) is 0 Å². The van der Waals surface area contributed by atoms with Gasteiger partial charge in [0.05, 0.1) is 0 Å². The zero-order valence-electron chi connectivity index (χ0n) is 6.99. The monoisotopic (exact) mass is 175 g/mol. The molecule has 3 nitrogen and oxygen atoms in total. The Bertz CT molecular complexity index is 383. The Morgan fingerprint density at radius 2 is 2.31 bits per heavy atom. The van der Waals surface area contributed by atoms with Gasteiger partial charge < -0.3 is 10.5 Å². The van der Waals surface area contributed by atoms with Gasteiger partial charge in [0.2, 0.25) is 5.91 Å². The lowest BCUT2D eigenvalue weighted by atomic mass is 10.1. The first-order chi connectivity index (χ1) is 6.27. The average Bonchev–Trinajstić information content (AvgIpc) is 2.17. The maximum atomic E-state index is 10.8. The van der Waals surface area contributed by atoms with Crippen molar-refractivity contribution < 1.29 is 9.53 Å². The highest BCUT2D eigenvalue weighted by molar-refractivity contribution is 5.93. The van der Waals surface area contributed by atoms with E-state index in [9.17, 15) is 4.79 Å². The average molecular weight is 175 g/mol. The predicted molar refractivity (Wildman–Crippen MR) is 49.5 cm³/mol. The van der Waals surface area contributed by atoms with Crippen molar-refractivity contribution in [3.8, 4) is 5.75 Å². The van der Waals surface area contributed by atoms with Gasteiger partial charge >= 0.3 is 0 Å². The fourth-order valence-corrected chi connectivity index (χ4v) is 1.28. The summed E-state index contributed by atoms with van der Waals surface area (Å²) in [6.07, 6.45) is 3.82. The maximum Gasteiger partial charge on any atom is 0.248 e. The van der Waals surface area contributed by atoms with E-state index < -0.39 is 5.91 Å². The number of ether oxygens (including phenoxy) is 1. The lowest BCUT2D eigenvalue weighted by molar-refractivity contribution is 0.1000.